The van der Waals surface area contributed by atoms with Crippen LogP contribution in [0.15, 0.2) is 30.5 Å². The first-order valence-electron chi connectivity index (χ1n) is 13.8. The molecule has 13 heteroatoms. The second-order valence-electron chi connectivity index (χ2n) is 8.88. The second kappa shape index (κ2) is 18.1. The molecule has 1 amide bonds. The number of aromatic nitrogens is 1. The third kappa shape index (κ3) is 11.1. The van der Waals surface area contributed by atoms with E-state index in [-0.39, 0.29) is 38.8 Å². The van der Waals surface area contributed by atoms with Gasteiger partial charge in [-0.15, -0.1) is 0 Å². The Labute approximate surface area is 245 Å². The van der Waals surface area contributed by atoms with Crippen molar-refractivity contribution in [3.63, 3.8) is 0 Å². The minimum atomic E-state index is -1.21. The van der Waals surface area contributed by atoms with Crippen molar-refractivity contribution < 1.29 is 33.4 Å². The van der Waals surface area contributed by atoms with Gasteiger partial charge in [-0.2, -0.15) is 0 Å². The van der Waals surface area contributed by atoms with Crippen molar-refractivity contribution in [3.05, 3.63) is 35.5 Å². The van der Waals surface area contributed by atoms with Crippen LogP contribution < -0.4 is 10.7 Å². The lowest BCUT2D eigenvalue weighted by molar-refractivity contribution is -0.158. The highest BCUT2D eigenvalue weighted by atomic mass is 35.5. The quantitative estimate of drug-likeness (QED) is 0.0867. The Balaban J connectivity index is 2.01. The van der Waals surface area contributed by atoms with Crippen LogP contribution in [0.25, 0.3) is 10.9 Å². The van der Waals surface area contributed by atoms with E-state index in [0.717, 1.165) is 5.39 Å². The van der Waals surface area contributed by atoms with Gasteiger partial charge in [0.05, 0.1) is 44.1 Å². The number of pyridine rings is 1. The van der Waals surface area contributed by atoms with Crippen molar-refractivity contribution in [1.29, 1.82) is 0 Å². The highest BCUT2D eigenvalue weighted by Gasteiger charge is 2.28. The lowest BCUT2D eigenvalue weighted by Gasteiger charge is -2.27. The molecule has 2 rings (SSSR count). The van der Waals surface area contributed by atoms with E-state index in [2.05, 4.69) is 15.7 Å². The number of nitrogens with one attached hydrogen (secondary N) is 2. The van der Waals surface area contributed by atoms with E-state index in [1.807, 2.05) is 13.0 Å². The second-order valence-corrected chi connectivity index (χ2v) is 9.32. The van der Waals surface area contributed by atoms with Gasteiger partial charge in [0.2, 0.25) is 6.04 Å². The highest BCUT2D eigenvalue weighted by molar-refractivity contribution is 6.31. The number of carbonyl (C=O) groups is 4. The lowest BCUT2D eigenvalue weighted by Crippen LogP contribution is -2.46. The summed E-state index contributed by atoms with van der Waals surface area (Å²) in [6, 6.07) is 5.90. The molecule has 2 N–H and O–H groups in total. The predicted molar refractivity (Wildman–Crippen MR) is 155 cm³/mol. The number of halogens is 1. The standard InChI is InChI=1S/C28H40ClN5O7/c1-5-34(32-22-13-15-30-23-17-20(29)11-12-21(22)23)24(35)18-33(19-25(36)39-6-2)16-10-9-14-31-26(27(37)40-7-3)28(38)41-8-4/h11-13,15,17,26,31H,5-10,14,16,18-19H2,1-4H3,(H,30,32). The van der Waals surface area contributed by atoms with E-state index < -0.39 is 23.9 Å². The zero-order chi connectivity index (χ0) is 30.2. The molecule has 1 aromatic heterocycles. The van der Waals surface area contributed by atoms with Crippen molar-refractivity contribution in [2.45, 2.75) is 46.6 Å². The van der Waals surface area contributed by atoms with E-state index >= 15 is 0 Å². The van der Waals surface area contributed by atoms with E-state index in [1.165, 1.54) is 5.01 Å². The van der Waals surface area contributed by atoms with Gasteiger partial charge in [-0.3, -0.25) is 35.2 Å². The van der Waals surface area contributed by atoms with Gasteiger partial charge in [0.15, 0.2) is 0 Å². The molecule has 12 nitrogen and oxygen atoms in total. The molecule has 0 aliphatic carbocycles. The topological polar surface area (TPSA) is 139 Å². The molecule has 226 valence electrons. The Morgan fingerprint density at radius 3 is 2.24 bits per heavy atom. The van der Waals surface area contributed by atoms with Crippen molar-refractivity contribution >= 4 is 52.0 Å². The fraction of sp³-hybridized carbons (Fsp3) is 0.536. The molecule has 0 aliphatic heterocycles. The smallest absolute Gasteiger partial charge is 0.334 e. The van der Waals surface area contributed by atoms with Gasteiger partial charge < -0.3 is 14.2 Å². The van der Waals surface area contributed by atoms with Gasteiger partial charge in [-0.1, -0.05) is 11.6 Å². The molecule has 0 aliphatic rings. The number of hydrazine groups is 1. The summed E-state index contributed by atoms with van der Waals surface area (Å²) in [6.07, 6.45) is 2.77. The number of ether oxygens (including phenoxy) is 3. The minimum Gasteiger partial charge on any atom is -0.465 e. The number of esters is 3. The first kappa shape index (κ1) is 33.7. The predicted octanol–water partition coefficient (Wildman–Crippen LogP) is 2.79. The maximum absolute atomic E-state index is 13.3. The molecule has 0 atom stereocenters. The number of likely N-dealkylation sites (N-methyl/N-ethyl adjacent to an activating group) is 1. The van der Waals surface area contributed by atoms with E-state index in [1.54, 1.807) is 50.1 Å². The number of unbranched alkanes of at least 4 members (excludes halogenated alkanes) is 1. The van der Waals surface area contributed by atoms with Crippen LogP contribution in [-0.4, -0.2) is 97.3 Å². The molecule has 0 unspecified atom stereocenters. The molecule has 0 bridgehead atoms. The molecule has 0 fully saturated rings. The SMILES string of the molecule is CCOC(=O)CN(CCCCNC(C(=O)OCC)C(=O)OCC)CC(=O)N(CC)Nc1ccnc2cc(Cl)ccc12. The molecule has 0 saturated carbocycles. The van der Waals surface area contributed by atoms with Crippen molar-refractivity contribution in [2.24, 2.45) is 0 Å². The largest absolute Gasteiger partial charge is 0.465 e. The number of rotatable bonds is 18. The molecule has 0 saturated heterocycles. The highest BCUT2D eigenvalue weighted by Crippen LogP contribution is 2.24. The number of amides is 1. The molecule has 41 heavy (non-hydrogen) atoms. The van der Waals surface area contributed by atoms with Crippen LogP contribution >= 0.6 is 11.6 Å². The minimum absolute atomic E-state index is 0.0315. The van der Waals surface area contributed by atoms with Crippen LogP contribution in [0.3, 0.4) is 0 Å². The molecular weight excluding hydrogens is 554 g/mol. The first-order valence-corrected chi connectivity index (χ1v) is 14.2. The molecule has 0 radical (unpaired) electrons. The van der Waals surface area contributed by atoms with E-state index in [0.29, 0.717) is 48.7 Å². The fourth-order valence-corrected chi connectivity index (χ4v) is 4.15. The Morgan fingerprint density at radius 2 is 1.61 bits per heavy atom. The lowest BCUT2D eigenvalue weighted by atomic mass is 10.2. The van der Waals surface area contributed by atoms with Crippen LogP contribution in [-0.2, 0) is 33.4 Å². The summed E-state index contributed by atoms with van der Waals surface area (Å²) >= 11 is 6.09. The normalized spacial score (nSPS) is 11.0. The van der Waals surface area contributed by atoms with Crippen LogP contribution in [0.4, 0.5) is 5.69 Å². The first-order chi connectivity index (χ1) is 19.7. The number of hydrogen-bond donors (Lipinski definition) is 2. The Morgan fingerprint density at radius 1 is 0.927 bits per heavy atom. The summed E-state index contributed by atoms with van der Waals surface area (Å²) in [5, 5.41) is 5.73. The average Bonchev–Trinajstić information content (AvgIpc) is 2.93. The maximum Gasteiger partial charge on any atom is 0.334 e. The van der Waals surface area contributed by atoms with Crippen LogP contribution in [0.2, 0.25) is 5.02 Å². The van der Waals surface area contributed by atoms with Gasteiger partial charge in [0.1, 0.15) is 0 Å². The van der Waals surface area contributed by atoms with Crippen LogP contribution in [0.1, 0.15) is 40.5 Å². The van der Waals surface area contributed by atoms with Crippen LogP contribution in [0, 0.1) is 0 Å². The zero-order valence-corrected chi connectivity index (χ0v) is 24.9. The average molecular weight is 594 g/mol. The van der Waals surface area contributed by atoms with Gasteiger partial charge in [0.25, 0.3) is 5.91 Å². The molecule has 0 spiro atoms. The summed E-state index contributed by atoms with van der Waals surface area (Å²) in [4.78, 5) is 55.9. The molecule has 1 aromatic carbocycles. The Kier molecular flexibility index (Phi) is 14.8. The van der Waals surface area contributed by atoms with Crippen LogP contribution in [0.5, 0.6) is 0 Å². The summed E-state index contributed by atoms with van der Waals surface area (Å²) in [5.41, 5.74) is 4.55. The third-order valence-corrected chi connectivity index (χ3v) is 6.12. The maximum atomic E-state index is 13.3. The van der Waals surface area contributed by atoms with Gasteiger partial charge >= 0.3 is 17.9 Å². The van der Waals surface area contributed by atoms with Crippen molar-refractivity contribution in [2.75, 3.05) is 58.0 Å². The number of anilines is 1. The summed E-state index contributed by atoms with van der Waals surface area (Å²) in [5.74, 6) is -2.06. The Bertz CT molecular complexity index is 1150. The van der Waals surface area contributed by atoms with Gasteiger partial charge in [0, 0.05) is 23.2 Å². The number of benzene rings is 1. The summed E-state index contributed by atoms with van der Waals surface area (Å²) in [6.45, 7) is 8.40. The third-order valence-electron chi connectivity index (χ3n) is 5.89. The van der Waals surface area contributed by atoms with Crippen molar-refractivity contribution in [1.82, 2.24) is 20.2 Å². The molecule has 1 heterocycles. The molecule has 2 aromatic rings. The Hall–Kier alpha value is -3.48. The zero-order valence-electron chi connectivity index (χ0n) is 24.1. The van der Waals surface area contributed by atoms with Gasteiger partial charge in [-0.25, -0.2) is 9.59 Å². The van der Waals surface area contributed by atoms with E-state index in [9.17, 15) is 19.2 Å². The number of carbonyl (C=O) groups excluding carboxylic acids is 4. The summed E-state index contributed by atoms with van der Waals surface area (Å²) < 4.78 is 15.0. The summed E-state index contributed by atoms with van der Waals surface area (Å²) in [7, 11) is 0. The van der Waals surface area contributed by atoms with Crippen molar-refractivity contribution in [3.8, 4) is 0 Å². The number of hydrogen-bond acceptors (Lipinski definition) is 11. The molecular formula is C28H40ClN5O7. The monoisotopic (exact) mass is 593 g/mol. The number of nitrogens with zero attached hydrogens (tertiary/aromatic N) is 3. The van der Waals surface area contributed by atoms with E-state index in [4.69, 9.17) is 25.8 Å². The van der Waals surface area contributed by atoms with Gasteiger partial charge in [-0.05, 0) is 77.9 Å². The fourth-order valence-electron chi connectivity index (χ4n) is 3.98. The number of fused-ring (bicyclic) bond motifs is 1.